The van der Waals surface area contributed by atoms with E-state index in [0.717, 1.165) is 0 Å². The molecule has 2 heterocycles. The van der Waals surface area contributed by atoms with E-state index < -0.39 is 5.54 Å². The van der Waals surface area contributed by atoms with Crippen LogP contribution in [0.25, 0.3) is 11.3 Å². The fourth-order valence-corrected chi connectivity index (χ4v) is 3.01. The Morgan fingerprint density at radius 1 is 1.39 bits per heavy atom. The minimum Gasteiger partial charge on any atom is -0.381 e. The molecule has 0 radical (unpaired) electrons. The van der Waals surface area contributed by atoms with Crippen LogP contribution in [0.4, 0.5) is 9.52 Å². The first-order chi connectivity index (χ1) is 10.6. The molecule has 3 rings (SSSR count). The number of hydrogen-bond acceptors (Lipinski definition) is 5. The number of anilines is 1. The molecule has 8 heteroatoms. The van der Waals surface area contributed by atoms with Crippen LogP contribution in [0.3, 0.4) is 0 Å². The Morgan fingerprint density at radius 2 is 2.13 bits per heavy atom. The van der Waals surface area contributed by atoms with Gasteiger partial charge in [0, 0.05) is 24.2 Å². The van der Waals surface area contributed by atoms with Gasteiger partial charge in [-0.05, 0) is 25.0 Å². The molecule has 0 aliphatic carbocycles. The van der Waals surface area contributed by atoms with Gasteiger partial charge < -0.3 is 15.8 Å². The molecule has 1 fully saturated rings. The van der Waals surface area contributed by atoms with Crippen LogP contribution in [0.5, 0.6) is 0 Å². The maximum absolute atomic E-state index is 13.2. The molecule has 0 bridgehead atoms. The average molecular weight is 358 g/mol. The van der Waals surface area contributed by atoms with Crippen molar-refractivity contribution in [2.45, 2.75) is 18.4 Å². The van der Waals surface area contributed by atoms with Gasteiger partial charge in [-0.1, -0.05) is 12.1 Å². The van der Waals surface area contributed by atoms with E-state index >= 15 is 0 Å². The fourth-order valence-electron chi connectivity index (χ4n) is 2.30. The fraction of sp³-hybridized carbons (Fsp3) is 0.333. The molecule has 0 spiro atoms. The topological polar surface area (TPSA) is 77.2 Å². The highest BCUT2D eigenvalue weighted by molar-refractivity contribution is 7.14. The molecule has 124 valence electrons. The number of ether oxygens (including phenoxy) is 1. The van der Waals surface area contributed by atoms with Gasteiger partial charge >= 0.3 is 0 Å². The SMILES string of the molecule is Cl.NC1(C(=O)Nc2nc(-c3cccc(F)c3)cs2)CCOCC1. The number of halogens is 2. The molecule has 1 aliphatic heterocycles. The molecule has 1 aliphatic rings. The summed E-state index contributed by atoms with van der Waals surface area (Å²) in [5, 5.41) is 4.99. The van der Waals surface area contributed by atoms with Crippen LogP contribution < -0.4 is 11.1 Å². The van der Waals surface area contributed by atoms with E-state index in [1.807, 2.05) is 0 Å². The summed E-state index contributed by atoms with van der Waals surface area (Å²) in [7, 11) is 0. The summed E-state index contributed by atoms with van der Waals surface area (Å²) in [6.45, 7) is 0.965. The molecule has 1 amide bonds. The lowest BCUT2D eigenvalue weighted by atomic mass is 9.90. The molecule has 1 aromatic carbocycles. The van der Waals surface area contributed by atoms with Gasteiger partial charge in [0.2, 0.25) is 5.91 Å². The van der Waals surface area contributed by atoms with Crippen LogP contribution in [0.1, 0.15) is 12.8 Å². The summed E-state index contributed by atoms with van der Waals surface area (Å²) in [4.78, 5) is 16.6. The molecular formula is C15H17ClFN3O2S. The standard InChI is InChI=1S/C15H16FN3O2S.ClH/c16-11-3-1-2-10(8-11)12-9-22-14(18-12)19-13(20)15(17)4-6-21-7-5-15;/h1-3,8-9H,4-7,17H2,(H,18,19,20);1H. The highest BCUT2D eigenvalue weighted by Gasteiger charge is 2.36. The number of carbonyl (C=O) groups excluding carboxylic acids is 1. The van der Waals surface area contributed by atoms with Crippen molar-refractivity contribution in [3.8, 4) is 11.3 Å². The van der Waals surface area contributed by atoms with Gasteiger partial charge in [-0.15, -0.1) is 23.7 Å². The zero-order valence-electron chi connectivity index (χ0n) is 12.3. The van der Waals surface area contributed by atoms with E-state index in [0.29, 0.717) is 42.4 Å². The monoisotopic (exact) mass is 357 g/mol. The molecule has 1 saturated heterocycles. The third-order valence-electron chi connectivity index (χ3n) is 3.68. The van der Waals surface area contributed by atoms with E-state index in [9.17, 15) is 9.18 Å². The van der Waals surface area contributed by atoms with Crippen molar-refractivity contribution in [2.75, 3.05) is 18.5 Å². The number of amides is 1. The van der Waals surface area contributed by atoms with Crippen molar-refractivity contribution in [3.63, 3.8) is 0 Å². The number of rotatable bonds is 3. The van der Waals surface area contributed by atoms with E-state index in [1.54, 1.807) is 17.5 Å². The summed E-state index contributed by atoms with van der Waals surface area (Å²) >= 11 is 1.29. The average Bonchev–Trinajstić information content (AvgIpc) is 2.96. The van der Waals surface area contributed by atoms with Crippen molar-refractivity contribution in [2.24, 2.45) is 5.73 Å². The number of aromatic nitrogens is 1. The predicted octanol–water partition coefficient (Wildman–Crippen LogP) is 2.82. The van der Waals surface area contributed by atoms with Gasteiger partial charge in [0.05, 0.1) is 5.69 Å². The number of nitrogens with one attached hydrogen (secondary N) is 1. The second-order valence-corrected chi connectivity index (χ2v) is 6.13. The van der Waals surface area contributed by atoms with E-state index in [4.69, 9.17) is 10.5 Å². The zero-order chi connectivity index (χ0) is 15.6. The predicted molar refractivity (Wildman–Crippen MR) is 90.4 cm³/mol. The molecule has 23 heavy (non-hydrogen) atoms. The first-order valence-corrected chi connectivity index (χ1v) is 7.84. The summed E-state index contributed by atoms with van der Waals surface area (Å²) in [6.07, 6.45) is 0.974. The lowest BCUT2D eigenvalue weighted by Crippen LogP contribution is -2.54. The normalized spacial score (nSPS) is 16.4. The number of benzene rings is 1. The molecule has 1 aromatic heterocycles. The molecule has 5 nitrogen and oxygen atoms in total. The van der Waals surface area contributed by atoms with Crippen molar-refractivity contribution in [1.29, 1.82) is 0 Å². The van der Waals surface area contributed by atoms with E-state index in [1.165, 1.54) is 23.5 Å². The Labute approximate surface area is 143 Å². The molecule has 3 N–H and O–H groups in total. The maximum atomic E-state index is 13.2. The highest BCUT2D eigenvalue weighted by Crippen LogP contribution is 2.27. The Bertz CT molecular complexity index is 689. The van der Waals surface area contributed by atoms with Crippen LogP contribution in [-0.2, 0) is 9.53 Å². The number of hydrogen-bond donors (Lipinski definition) is 2. The van der Waals surface area contributed by atoms with Crippen molar-refractivity contribution >= 4 is 34.8 Å². The van der Waals surface area contributed by atoms with Crippen LogP contribution in [-0.4, -0.2) is 29.6 Å². The summed E-state index contributed by atoms with van der Waals surface area (Å²) in [6, 6.07) is 6.18. The second-order valence-electron chi connectivity index (χ2n) is 5.27. The molecular weight excluding hydrogens is 341 g/mol. The lowest BCUT2D eigenvalue weighted by molar-refractivity contribution is -0.124. The number of thiazole rings is 1. The largest absolute Gasteiger partial charge is 0.381 e. The van der Waals surface area contributed by atoms with Crippen molar-refractivity contribution in [1.82, 2.24) is 4.98 Å². The minimum atomic E-state index is -0.914. The van der Waals surface area contributed by atoms with Crippen molar-refractivity contribution < 1.29 is 13.9 Å². The minimum absolute atomic E-state index is 0. The van der Waals surface area contributed by atoms with Crippen molar-refractivity contribution in [3.05, 3.63) is 35.5 Å². The van der Waals surface area contributed by atoms with Crippen LogP contribution in [0.15, 0.2) is 29.6 Å². The Morgan fingerprint density at radius 3 is 2.83 bits per heavy atom. The molecule has 0 saturated carbocycles. The number of nitrogens with two attached hydrogens (primary N) is 1. The first kappa shape index (κ1) is 17.8. The Balaban J connectivity index is 0.00000192. The third-order valence-corrected chi connectivity index (χ3v) is 4.44. The smallest absolute Gasteiger partial charge is 0.246 e. The quantitative estimate of drug-likeness (QED) is 0.885. The lowest BCUT2D eigenvalue weighted by Gasteiger charge is -2.31. The van der Waals surface area contributed by atoms with Gasteiger partial charge in [0.15, 0.2) is 5.13 Å². The Kier molecular flexibility index (Phi) is 5.69. The highest BCUT2D eigenvalue weighted by atomic mass is 35.5. The van der Waals surface area contributed by atoms with Gasteiger partial charge in [0.1, 0.15) is 11.4 Å². The van der Waals surface area contributed by atoms with Gasteiger partial charge in [-0.25, -0.2) is 9.37 Å². The van der Waals surface area contributed by atoms with Crippen LogP contribution >= 0.6 is 23.7 Å². The van der Waals surface area contributed by atoms with Gasteiger partial charge in [0.25, 0.3) is 0 Å². The van der Waals surface area contributed by atoms with E-state index in [2.05, 4.69) is 10.3 Å². The maximum Gasteiger partial charge on any atom is 0.246 e. The van der Waals surface area contributed by atoms with Crippen LogP contribution in [0.2, 0.25) is 0 Å². The summed E-state index contributed by atoms with van der Waals surface area (Å²) < 4.78 is 18.5. The van der Waals surface area contributed by atoms with Gasteiger partial charge in [-0.2, -0.15) is 0 Å². The molecule has 0 atom stereocenters. The van der Waals surface area contributed by atoms with E-state index in [-0.39, 0.29) is 24.1 Å². The molecule has 0 unspecified atom stereocenters. The zero-order valence-corrected chi connectivity index (χ0v) is 13.9. The second kappa shape index (κ2) is 7.35. The first-order valence-electron chi connectivity index (χ1n) is 6.96. The third kappa shape index (κ3) is 4.06. The molecule has 2 aromatic rings. The number of carbonyl (C=O) groups is 1. The van der Waals surface area contributed by atoms with Crippen LogP contribution in [0, 0.1) is 5.82 Å². The Hall–Kier alpha value is -1.54. The number of nitrogens with zero attached hydrogens (tertiary/aromatic N) is 1. The van der Waals surface area contributed by atoms with Gasteiger partial charge in [-0.3, -0.25) is 4.79 Å². The summed E-state index contributed by atoms with van der Waals surface area (Å²) in [5.41, 5.74) is 6.50. The summed E-state index contributed by atoms with van der Waals surface area (Å²) in [5.74, 6) is -0.574.